The van der Waals surface area contributed by atoms with Crippen LogP contribution in [0.4, 0.5) is 0 Å². The Morgan fingerprint density at radius 1 is 1.44 bits per heavy atom. The molecule has 1 aromatic heterocycles. The fourth-order valence-corrected chi connectivity index (χ4v) is 1.63. The Morgan fingerprint density at radius 3 is 2.61 bits per heavy atom. The van der Waals surface area contributed by atoms with Gasteiger partial charge in [-0.05, 0) is 12.3 Å². The van der Waals surface area contributed by atoms with Gasteiger partial charge in [-0.1, -0.05) is 19.0 Å². The number of rotatable bonds is 6. The van der Waals surface area contributed by atoms with E-state index in [0.717, 1.165) is 5.56 Å². The summed E-state index contributed by atoms with van der Waals surface area (Å²) in [6, 6.07) is 0. The summed E-state index contributed by atoms with van der Waals surface area (Å²) in [6.07, 6.45) is 1.63. The number of carbonyl (C=O) groups is 2. The zero-order valence-electron chi connectivity index (χ0n) is 10.8. The van der Waals surface area contributed by atoms with E-state index in [-0.39, 0.29) is 18.7 Å². The Bertz CT molecular complexity index is 437. The van der Waals surface area contributed by atoms with Crippen LogP contribution in [0.15, 0.2) is 10.8 Å². The number of hydrogen-bond donors (Lipinski definition) is 2. The second kappa shape index (κ2) is 5.66. The predicted molar refractivity (Wildman–Crippen MR) is 63.7 cm³/mol. The Hall–Kier alpha value is -1.85. The molecule has 0 aliphatic rings. The number of carboxylic acid groups (broad SMARTS) is 1. The van der Waals surface area contributed by atoms with Gasteiger partial charge in [0.1, 0.15) is 12.0 Å². The highest BCUT2D eigenvalue weighted by atomic mass is 16.5. The molecule has 6 nitrogen and oxygen atoms in total. The van der Waals surface area contributed by atoms with E-state index in [4.69, 9.17) is 9.63 Å². The van der Waals surface area contributed by atoms with Gasteiger partial charge in [0.05, 0.1) is 13.0 Å². The molecule has 0 spiro atoms. The quantitative estimate of drug-likeness (QED) is 0.802. The molecule has 1 rings (SSSR count). The van der Waals surface area contributed by atoms with Crippen LogP contribution in [-0.4, -0.2) is 22.1 Å². The van der Waals surface area contributed by atoms with Crippen LogP contribution in [0.2, 0.25) is 0 Å². The van der Waals surface area contributed by atoms with Gasteiger partial charge in [0, 0.05) is 12.0 Å². The SMILES string of the molecule is Cc1conc1CNC(=O)CC(C)(C)CC(=O)O. The van der Waals surface area contributed by atoms with Crippen LogP contribution in [0.25, 0.3) is 0 Å². The highest BCUT2D eigenvalue weighted by molar-refractivity contribution is 5.77. The van der Waals surface area contributed by atoms with Gasteiger partial charge in [0.25, 0.3) is 0 Å². The van der Waals surface area contributed by atoms with E-state index in [2.05, 4.69) is 10.5 Å². The largest absolute Gasteiger partial charge is 0.481 e. The third kappa shape index (κ3) is 4.57. The van der Waals surface area contributed by atoms with Crippen molar-refractivity contribution in [2.45, 2.75) is 40.2 Å². The van der Waals surface area contributed by atoms with Crippen LogP contribution in [0.3, 0.4) is 0 Å². The van der Waals surface area contributed by atoms with Crippen molar-refractivity contribution in [3.05, 3.63) is 17.5 Å². The van der Waals surface area contributed by atoms with Gasteiger partial charge in [-0.2, -0.15) is 0 Å². The first kappa shape index (κ1) is 14.2. The molecule has 18 heavy (non-hydrogen) atoms. The summed E-state index contributed by atoms with van der Waals surface area (Å²) >= 11 is 0. The Morgan fingerprint density at radius 2 is 2.11 bits per heavy atom. The summed E-state index contributed by atoms with van der Waals surface area (Å²) in [7, 11) is 0. The summed E-state index contributed by atoms with van der Waals surface area (Å²) in [5.74, 6) is -1.09. The van der Waals surface area contributed by atoms with Crippen molar-refractivity contribution in [3.63, 3.8) is 0 Å². The second-order valence-electron chi connectivity index (χ2n) is 5.13. The summed E-state index contributed by atoms with van der Waals surface area (Å²) < 4.78 is 4.75. The maximum Gasteiger partial charge on any atom is 0.303 e. The molecule has 1 heterocycles. The smallest absolute Gasteiger partial charge is 0.303 e. The third-order valence-electron chi connectivity index (χ3n) is 2.57. The van der Waals surface area contributed by atoms with Crippen molar-refractivity contribution >= 4 is 11.9 Å². The number of nitrogens with zero attached hydrogens (tertiary/aromatic N) is 1. The number of carbonyl (C=O) groups excluding carboxylic acids is 1. The molecule has 0 aliphatic carbocycles. The molecule has 0 bridgehead atoms. The summed E-state index contributed by atoms with van der Waals surface area (Å²) in [6.45, 7) is 5.64. The average Bonchev–Trinajstić information content (AvgIpc) is 2.58. The van der Waals surface area contributed by atoms with Crippen LogP contribution >= 0.6 is 0 Å². The Labute approximate surface area is 105 Å². The van der Waals surface area contributed by atoms with Crippen LogP contribution in [0, 0.1) is 12.3 Å². The minimum absolute atomic E-state index is 0.0383. The topological polar surface area (TPSA) is 92.4 Å². The predicted octanol–water partition coefficient (Wildman–Crippen LogP) is 1.49. The first-order valence-corrected chi connectivity index (χ1v) is 5.68. The Kier molecular flexibility index (Phi) is 4.47. The number of nitrogens with one attached hydrogen (secondary N) is 1. The van der Waals surface area contributed by atoms with Gasteiger partial charge in [-0.3, -0.25) is 9.59 Å². The van der Waals surface area contributed by atoms with E-state index in [0.29, 0.717) is 12.2 Å². The molecule has 6 heteroatoms. The first-order chi connectivity index (χ1) is 8.30. The van der Waals surface area contributed by atoms with Crippen molar-refractivity contribution in [2.24, 2.45) is 5.41 Å². The van der Waals surface area contributed by atoms with Gasteiger partial charge in [0.2, 0.25) is 5.91 Å². The van der Waals surface area contributed by atoms with Crippen molar-refractivity contribution in [1.29, 1.82) is 0 Å². The third-order valence-corrected chi connectivity index (χ3v) is 2.57. The number of amides is 1. The molecule has 0 saturated heterocycles. The Balaban J connectivity index is 2.42. The van der Waals surface area contributed by atoms with Crippen LogP contribution in [-0.2, 0) is 16.1 Å². The molecule has 0 saturated carbocycles. The number of hydrogen-bond acceptors (Lipinski definition) is 4. The maximum absolute atomic E-state index is 11.7. The molecule has 2 N–H and O–H groups in total. The van der Waals surface area contributed by atoms with Crippen LogP contribution < -0.4 is 5.32 Å². The van der Waals surface area contributed by atoms with E-state index in [1.165, 1.54) is 6.26 Å². The molecule has 1 amide bonds. The molecule has 100 valence electrons. The van der Waals surface area contributed by atoms with Crippen LogP contribution in [0.5, 0.6) is 0 Å². The standard InChI is InChI=1S/C12H18N2O4/c1-8-7-18-14-9(8)6-13-10(15)4-12(2,3)5-11(16)17/h7H,4-6H2,1-3H3,(H,13,15)(H,16,17). The van der Waals surface area contributed by atoms with E-state index in [9.17, 15) is 9.59 Å². The summed E-state index contributed by atoms with van der Waals surface area (Å²) in [5.41, 5.74) is 0.994. The fourth-order valence-electron chi connectivity index (χ4n) is 1.63. The summed E-state index contributed by atoms with van der Waals surface area (Å²) in [4.78, 5) is 22.3. The monoisotopic (exact) mass is 254 g/mol. The van der Waals surface area contributed by atoms with Crippen molar-refractivity contribution < 1.29 is 19.2 Å². The lowest BCUT2D eigenvalue weighted by Crippen LogP contribution is -2.30. The number of aliphatic carboxylic acids is 1. The zero-order chi connectivity index (χ0) is 13.8. The molecule has 0 aliphatic heterocycles. The molecular formula is C12H18N2O4. The van der Waals surface area contributed by atoms with E-state index < -0.39 is 11.4 Å². The van der Waals surface area contributed by atoms with Crippen molar-refractivity contribution in [1.82, 2.24) is 10.5 Å². The minimum Gasteiger partial charge on any atom is -0.481 e. The van der Waals surface area contributed by atoms with Crippen molar-refractivity contribution in [2.75, 3.05) is 0 Å². The lowest BCUT2D eigenvalue weighted by molar-refractivity contribution is -0.139. The van der Waals surface area contributed by atoms with E-state index in [1.54, 1.807) is 13.8 Å². The summed E-state index contributed by atoms with van der Waals surface area (Å²) in [5, 5.41) is 15.2. The normalized spacial score (nSPS) is 11.3. The molecule has 0 aromatic carbocycles. The molecule has 1 aromatic rings. The van der Waals surface area contributed by atoms with Crippen molar-refractivity contribution in [3.8, 4) is 0 Å². The van der Waals surface area contributed by atoms with Gasteiger partial charge in [-0.25, -0.2) is 0 Å². The molecular weight excluding hydrogens is 236 g/mol. The second-order valence-corrected chi connectivity index (χ2v) is 5.13. The number of carboxylic acids is 1. The van der Waals surface area contributed by atoms with Gasteiger partial charge >= 0.3 is 5.97 Å². The fraction of sp³-hybridized carbons (Fsp3) is 0.583. The zero-order valence-corrected chi connectivity index (χ0v) is 10.8. The molecule has 0 atom stereocenters. The average molecular weight is 254 g/mol. The lowest BCUT2D eigenvalue weighted by atomic mass is 9.85. The molecule has 0 unspecified atom stereocenters. The molecule has 0 fully saturated rings. The minimum atomic E-state index is -0.903. The molecule has 0 radical (unpaired) electrons. The van der Waals surface area contributed by atoms with Gasteiger partial charge < -0.3 is 14.9 Å². The number of aryl methyl sites for hydroxylation is 1. The number of aromatic nitrogens is 1. The van der Waals surface area contributed by atoms with Gasteiger partial charge in [0.15, 0.2) is 0 Å². The first-order valence-electron chi connectivity index (χ1n) is 5.68. The highest BCUT2D eigenvalue weighted by Crippen LogP contribution is 2.24. The lowest BCUT2D eigenvalue weighted by Gasteiger charge is -2.21. The highest BCUT2D eigenvalue weighted by Gasteiger charge is 2.25. The van der Waals surface area contributed by atoms with E-state index >= 15 is 0 Å². The van der Waals surface area contributed by atoms with Crippen LogP contribution in [0.1, 0.15) is 37.9 Å². The van der Waals surface area contributed by atoms with E-state index in [1.807, 2.05) is 6.92 Å². The van der Waals surface area contributed by atoms with Gasteiger partial charge in [-0.15, -0.1) is 0 Å². The maximum atomic E-state index is 11.7.